The van der Waals surface area contributed by atoms with Crippen molar-refractivity contribution in [3.8, 4) is 5.75 Å². The predicted octanol–water partition coefficient (Wildman–Crippen LogP) is 4.33. The van der Waals surface area contributed by atoms with Crippen LogP contribution in [0.2, 0.25) is 0 Å². The molecule has 0 radical (unpaired) electrons. The quantitative estimate of drug-likeness (QED) is 0.451. The zero-order valence-electron chi connectivity index (χ0n) is 19.2. The highest BCUT2D eigenvalue weighted by atomic mass is 32.2. The van der Waals surface area contributed by atoms with Crippen LogP contribution >= 0.6 is 0 Å². The van der Waals surface area contributed by atoms with Crippen molar-refractivity contribution in [2.24, 2.45) is 0 Å². The molecule has 3 aromatic rings. The Labute approximate surface area is 196 Å². The van der Waals surface area contributed by atoms with Crippen LogP contribution in [-0.4, -0.2) is 33.7 Å². The van der Waals surface area contributed by atoms with E-state index >= 15 is 0 Å². The zero-order chi connectivity index (χ0) is 23.8. The van der Waals surface area contributed by atoms with E-state index in [1.807, 2.05) is 55.5 Å². The van der Waals surface area contributed by atoms with Crippen molar-refractivity contribution in [2.45, 2.75) is 26.8 Å². The summed E-state index contributed by atoms with van der Waals surface area (Å²) in [7, 11) is -3.46. The maximum atomic E-state index is 12.4. The van der Waals surface area contributed by atoms with Gasteiger partial charge in [-0.15, -0.1) is 0 Å². The van der Waals surface area contributed by atoms with Crippen LogP contribution < -0.4 is 14.4 Å². The highest BCUT2D eigenvalue weighted by Crippen LogP contribution is 2.22. The number of nitrogens with one attached hydrogen (secondary N) is 1. The van der Waals surface area contributed by atoms with Gasteiger partial charge in [0.15, 0.2) is 0 Å². The van der Waals surface area contributed by atoms with Crippen molar-refractivity contribution in [2.75, 3.05) is 23.7 Å². The third-order valence-electron chi connectivity index (χ3n) is 5.22. The SMILES string of the molecule is CCc1ccc(N(Cc2ccc(C(=O)NCCOc3cccc(C)c3)cc2)S(C)(=O)=O)cc1. The second kappa shape index (κ2) is 11.0. The number of amides is 1. The minimum absolute atomic E-state index is 0.191. The molecule has 1 N–H and O–H groups in total. The number of anilines is 1. The average Bonchev–Trinajstić information content (AvgIpc) is 2.80. The Morgan fingerprint density at radius 3 is 2.24 bits per heavy atom. The van der Waals surface area contributed by atoms with Gasteiger partial charge in [0.1, 0.15) is 12.4 Å². The first kappa shape index (κ1) is 24.3. The van der Waals surface area contributed by atoms with Crippen LogP contribution in [0.4, 0.5) is 5.69 Å². The molecule has 7 heteroatoms. The Morgan fingerprint density at radius 2 is 1.64 bits per heavy atom. The molecule has 0 aliphatic rings. The maximum absolute atomic E-state index is 12.4. The third kappa shape index (κ3) is 7.08. The van der Waals surface area contributed by atoms with Gasteiger partial charge in [-0.2, -0.15) is 0 Å². The largest absolute Gasteiger partial charge is 0.492 e. The highest BCUT2D eigenvalue weighted by molar-refractivity contribution is 7.92. The first-order chi connectivity index (χ1) is 15.8. The average molecular weight is 467 g/mol. The van der Waals surface area contributed by atoms with Crippen molar-refractivity contribution in [1.29, 1.82) is 0 Å². The van der Waals surface area contributed by atoms with Gasteiger partial charge in [-0.3, -0.25) is 9.10 Å². The lowest BCUT2D eigenvalue weighted by Gasteiger charge is -2.23. The first-order valence-electron chi connectivity index (χ1n) is 10.9. The molecule has 0 aliphatic carbocycles. The molecule has 0 spiro atoms. The number of carbonyl (C=O) groups excluding carboxylic acids is 1. The number of hydrogen-bond acceptors (Lipinski definition) is 4. The minimum atomic E-state index is -3.46. The molecule has 0 saturated carbocycles. The van der Waals surface area contributed by atoms with E-state index in [1.54, 1.807) is 24.3 Å². The summed E-state index contributed by atoms with van der Waals surface area (Å²) in [6.45, 7) is 4.99. The molecule has 1 amide bonds. The van der Waals surface area contributed by atoms with Gasteiger partial charge in [-0.25, -0.2) is 8.42 Å². The van der Waals surface area contributed by atoms with Gasteiger partial charge >= 0.3 is 0 Å². The molecule has 3 rings (SSSR count). The summed E-state index contributed by atoms with van der Waals surface area (Å²) in [5.41, 5.74) is 4.17. The number of carbonyl (C=O) groups is 1. The lowest BCUT2D eigenvalue weighted by molar-refractivity contribution is 0.0947. The van der Waals surface area contributed by atoms with Crippen LogP contribution in [0.1, 0.15) is 34.0 Å². The number of nitrogens with zero attached hydrogens (tertiary/aromatic N) is 1. The smallest absolute Gasteiger partial charge is 0.251 e. The topological polar surface area (TPSA) is 75.7 Å². The summed E-state index contributed by atoms with van der Waals surface area (Å²) < 4.78 is 31.8. The van der Waals surface area contributed by atoms with Crippen molar-refractivity contribution < 1.29 is 17.9 Å². The fourth-order valence-electron chi connectivity index (χ4n) is 3.37. The molecular weight excluding hydrogens is 436 g/mol. The third-order valence-corrected chi connectivity index (χ3v) is 6.36. The van der Waals surface area contributed by atoms with Crippen LogP contribution in [0.5, 0.6) is 5.75 Å². The van der Waals surface area contributed by atoms with Crippen molar-refractivity contribution in [1.82, 2.24) is 5.32 Å². The lowest BCUT2D eigenvalue weighted by Crippen LogP contribution is -2.29. The molecule has 0 unspecified atom stereocenters. The van der Waals surface area contributed by atoms with Crippen LogP contribution in [-0.2, 0) is 23.0 Å². The molecule has 3 aromatic carbocycles. The van der Waals surface area contributed by atoms with E-state index in [-0.39, 0.29) is 12.5 Å². The maximum Gasteiger partial charge on any atom is 0.251 e. The Hall–Kier alpha value is -3.32. The summed E-state index contributed by atoms with van der Waals surface area (Å²) in [5.74, 6) is 0.567. The number of ether oxygens (including phenoxy) is 1. The normalized spacial score (nSPS) is 11.1. The van der Waals surface area contributed by atoms with Crippen LogP contribution in [0, 0.1) is 6.92 Å². The number of hydrogen-bond donors (Lipinski definition) is 1. The van der Waals surface area contributed by atoms with Gasteiger partial charge in [0.25, 0.3) is 5.91 Å². The van der Waals surface area contributed by atoms with Crippen molar-refractivity contribution in [3.05, 3.63) is 95.1 Å². The van der Waals surface area contributed by atoms with E-state index in [0.717, 1.165) is 28.9 Å². The number of rotatable bonds is 10. The summed E-state index contributed by atoms with van der Waals surface area (Å²) in [6, 6.07) is 22.2. The molecule has 33 heavy (non-hydrogen) atoms. The Balaban J connectivity index is 1.57. The standard InChI is InChI=1S/C26H30N2O4S/c1-4-21-10-14-24(15-11-21)28(33(3,30)31)19-22-8-12-23(13-9-22)26(29)27-16-17-32-25-7-5-6-20(2)18-25/h5-15,18H,4,16-17,19H2,1-3H3,(H,27,29). The Kier molecular flexibility index (Phi) is 8.11. The summed E-state index contributed by atoms with van der Waals surface area (Å²) >= 11 is 0. The monoisotopic (exact) mass is 466 g/mol. The van der Waals surface area contributed by atoms with Crippen molar-refractivity contribution >= 4 is 21.6 Å². The van der Waals surface area contributed by atoms with Gasteiger partial charge in [0.2, 0.25) is 10.0 Å². The second-order valence-corrected chi connectivity index (χ2v) is 9.81. The fraction of sp³-hybridized carbons (Fsp3) is 0.269. The molecule has 0 saturated heterocycles. The van der Waals surface area contributed by atoms with Gasteiger partial charge in [0.05, 0.1) is 25.0 Å². The minimum Gasteiger partial charge on any atom is -0.492 e. The van der Waals surface area contributed by atoms with Crippen LogP contribution in [0.3, 0.4) is 0 Å². The van der Waals surface area contributed by atoms with Gasteiger partial charge in [-0.1, -0.05) is 43.3 Å². The van der Waals surface area contributed by atoms with Gasteiger partial charge in [-0.05, 0) is 66.4 Å². The molecule has 0 bridgehead atoms. The van der Waals surface area contributed by atoms with Crippen LogP contribution in [0.25, 0.3) is 0 Å². The molecule has 0 aliphatic heterocycles. The molecular formula is C26H30N2O4S. The summed E-state index contributed by atoms with van der Waals surface area (Å²) in [5, 5.41) is 2.83. The van der Waals surface area contributed by atoms with Gasteiger partial charge < -0.3 is 10.1 Å². The van der Waals surface area contributed by atoms with E-state index in [9.17, 15) is 13.2 Å². The second-order valence-electron chi connectivity index (χ2n) is 7.91. The van der Waals surface area contributed by atoms with Crippen molar-refractivity contribution in [3.63, 3.8) is 0 Å². The lowest BCUT2D eigenvalue weighted by atomic mass is 10.1. The first-order valence-corrected chi connectivity index (χ1v) is 12.7. The van der Waals surface area contributed by atoms with E-state index in [4.69, 9.17) is 4.74 Å². The zero-order valence-corrected chi connectivity index (χ0v) is 20.1. The molecule has 0 fully saturated rings. The van der Waals surface area contributed by atoms with E-state index < -0.39 is 10.0 Å². The predicted molar refractivity (Wildman–Crippen MR) is 132 cm³/mol. The van der Waals surface area contributed by atoms with Crippen LogP contribution in [0.15, 0.2) is 72.8 Å². The van der Waals surface area contributed by atoms with E-state index in [0.29, 0.717) is 24.4 Å². The number of benzene rings is 3. The van der Waals surface area contributed by atoms with E-state index in [2.05, 4.69) is 12.2 Å². The molecule has 174 valence electrons. The molecule has 0 heterocycles. The number of sulfonamides is 1. The van der Waals surface area contributed by atoms with Gasteiger partial charge in [0, 0.05) is 5.56 Å². The summed E-state index contributed by atoms with van der Waals surface area (Å²) in [4.78, 5) is 12.4. The number of aryl methyl sites for hydroxylation is 2. The fourth-order valence-corrected chi connectivity index (χ4v) is 4.25. The molecule has 0 atom stereocenters. The van der Waals surface area contributed by atoms with E-state index in [1.165, 1.54) is 10.6 Å². The Bertz CT molecular complexity index is 1170. The molecule has 6 nitrogen and oxygen atoms in total. The summed E-state index contributed by atoms with van der Waals surface area (Å²) in [6.07, 6.45) is 2.09. The molecule has 0 aromatic heterocycles. The highest BCUT2D eigenvalue weighted by Gasteiger charge is 2.18. The Morgan fingerprint density at radius 1 is 0.970 bits per heavy atom.